The van der Waals surface area contributed by atoms with Gasteiger partial charge < -0.3 is 20.1 Å². The third-order valence-corrected chi connectivity index (χ3v) is 3.85. The summed E-state index contributed by atoms with van der Waals surface area (Å²) in [5, 5.41) is 0. The number of primary amides is 1. The van der Waals surface area contributed by atoms with Gasteiger partial charge in [-0.05, 0) is 45.2 Å². The molecule has 1 aromatic rings. The minimum Gasteiger partial charge on any atom is -0.497 e. The highest BCUT2D eigenvalue weighted by Gasteiger charge is 2.38. The van der Waals surface area contributed by atoms with Crippen LogP contribution in [0.1, 0.15) is 32.8 Å². The highest BCUT2D eigenvalue weighted by atomic mass is 16.6. The first-order valence-corrected chi connectivity index (χ1v) is 8.12. The van der Waals surface area contributed by atoms with Crippen LogP contribution in [0.25, 0.3) is 0 Å². The molecule has 0 fully saturated rings. The number of nitrogens with two attached hydrogens (primary N) is 1. The summed E-state index contributed by atoms with van der Waals surface area (Å²) in [7, 11) is 1.52. The van der Waals surface area contributed by atoms with Gasteiger partial charge in [0.25, 0.3) is 0 Å². The SMILES string of the molecule is COc1ccc2c(c1)N(CC(N)=O)C(=O)[C@@H](C(=O)OC(C)(C)C)CC2. The van der Waals surface area contributed by atoms with E-state index in [-0.39, 0.29) is 6.54 Å². The molecule has 2 rings (SSSR count). The van der Waals surface area contributed by atoms with Gasteiger partial charge in [0.2, 0.25) is 11.8 Å². The largest absolute Gasteiger partial charge is 0.497 e. The number of aryl methyl sites for hydroxylation is 1. The number of rotatable bonds is 4. The molecular formula is C18H24N2O5. The molecule has 2 N–H and O–H groups in total. The molecule has 7 nitrogen and oxygen atoms in total. The minimum atomic E-state index is -0.975. The quantitative estimate of drug-likeness (QED) is 0.655. The van der Waals surface area contributed by atoms with Crippen LogP contribution < -0.4 is 15.4 Å². The lowest BCUT2D eigenvalue weighted by molar-refractivity contribution is -0.162. The first kappa shape index (κ1) is 18.8. The second-order valence-corrected chi connectivity index (χ2v) is 7.01. The molecule has 2 amide bonds. The fourth-order valence-corrected chi connectivity index (χ4v) is 2.77. The summed E-state index contributed by atoms with van der Waals surface area (Å²) in [6, 6.07) is 5.28. The van der Waals surface area contributed by atoms with Gasteiger partial charge in [-0.1, -0.05) is 6.07 Å². The predicted octanol–water partition coefficient (Wildman–Crippen LogP) is 1.42. The Morgan fingerprint density at radius 3 is 2.56 bits per heavy atom. The smallest absolute Gasteiger partial charge is 0.319 e. The number of esters is 1. The van der Waals surface area contributed by atoms with Crippen molar-refractivity contribution >= 4 is 23.5 Å². The van der Waals surface area contributed by atoms with Crippen LogP contribution in [-0.4, -0.2) is 37.0 Å². The van der Waals surface area contributed by atoms with Crippen molar-refractivity contribution in [3.63, 3.8) is 0 Å². The number of methoxy groups -OCH3 is 1. The molecule has 1 aromatic carbocycles. The molecule has 7 heteroatoms. The second-order valence-electron chi connectivity index (χ2n) is 7.01. The highest BCUT2D eigenvalue weighted by molar-refractivity contribution is 6.09. The van der Waals surface area contributed by atoms with Gasteiger partial charge in [0, 0.05) is 6.07 Å². The van der Waals surface area contributed by atoms with Gasteiger partial charge in [0.1, 0.15) is 23.8 Å². The van der Waals surface area contributed by atoms with Crippen LogP contribution in [-0.2, 0) is 25.5 Å². The molecule has 0 saturated heterocycles. The maximum absolute atomic E-state index is 12.9. The molecule has 0 bridgehead atoms. The van der Waals surface area contributed by atoms with E-state index < -0.39 is 29.3 Å². The summed E-state index contributed by atoms with van der Waals surface area (Å²) in [5.74, 6) is -2.16. The van der Waals surface area contributed by atoms with Crippen molar-refractivity contribution < 1.29 is 23.9 Å². The molecule has 1 aliphatic heterocycles. The van der Waals surface area contributed by atoms with E-state index in [0.29, 0.717) is 24.3 Å². The van der Waals surface area contributed by atoms with Crippen molar-refractivity contribution in [1.29, 1.82) is 0 Å². The van der Waals surface area contributed by atoms with Crippen LogP contribution in [0.2, 0.25) is 0 Å². The first-order chi connectivity index (χ1) is 11.6. The predicted molar refractivity (Wildman–Crippen MR) is 92.2 cm³/mol. The van der Waals surface area contributed by atoms with E-state index in [0.717, 1.165) is 5.56 Å². The third-order valence-electron chi connectivity index (χ3n) is 3.85. The summed E-state index contributed by atoms with van der Waals surface area (Å²) in [4.78, 5) is 38.1. The Kier molecular flexibility index (Phi) is 5.35. The van der Waals surface area contributed by atoms with Crippen LogP contribution in [0.5, 0.6) is 5.75 Å². The molecule has 1 heterocycles. The average molecular weight is 348 g/mol. The summed E-state index contributed by atoms with van der Waals surface area (Å²) in [6.45, 7) is 4.92. The van der Waals surface area contributed by atoms with Crippen LogP contribution in [0.4, 0.5) is 5.69 Å². The number of benzene rings is 1. The molecule has 0 aromatic heterocycles. The molecule has 1 aliphatic rings. The summed E-state index contributed by atoms with van der Waals surface area (Å²) >= 11 is 0. The van der Waals surface area contributed by atoms with E-state index in [1.54, 1.807) is 32.9 Å². The Hall–Kier alpha value is -2.57. The van der Waals surface area contributed by atoms with Crippen LogP contribution >= 0.6 is 0 Å². The van der Waals surface area contributed by atoms with Crippen molar-refractivity contribution in [3.8, 4) is 5.75 Å². The van der Waals surface area contributed by atoms with Gasteiger partial charge in [-0.3, -0.25) is 14.4 Å². The summed E-state index contributed by atoms with van der Waals surface area (Å²) < 4.78 is 10.6. The number of fused-ring (bicyclic) bond motifs is 1. The van der Waals surface area contributed by atoms with Crippen molar-refractivity contribution in [2.75, 3.05) is 18.6 Å². The van der Waals surface area contributed by atoms with E-state index in [9.17, 15) is 14.4 Å². The topological polar surface area (TPSA) is 98.9 Å². The lowest BCUT2D eigenvalue weighted by Crippen LogP contribution is -2.44. The molecule has 136 valence electrons. The molecule has 0 aliphatic carbocycles. The normalized spacial score (nSPS) is 17.5. The molecule has 0 unspecified atom stereocenters. The minimum absolute atomic E-state index is 0.307. The lowest BCUT2D eigenvalue weighted by Gasteiger charge is -2.26. The summed E-state index contributed by atoms with van der Waals surface area (Å²) in [6.07, 6.45) is 0.812. The maximum atomic E-state index is 12.9. The zero-order valence-electron chi connectivity index (χ0n) is 15.0. The number of hydrogen-bond acceptors (Lipinski definition) is 5. The van der Waals surface area contributed by atoms with Crippen molar-refractivity contribution in [2.24, 2.45) is 11.7 Å². The number of carbonyl (C=O) groups excluding carboxylic acids is 3. The van der Waals surface area contributed by atoms with Gasteiger partial charge in [-0.25, -0.2) is 0 Å². The van der Waals surface area contributed by atoms with Crippen LogP contribution in [0.15, 0.2) is 18.2 Å². The Balaban J connectivity index is 2.41. The first-order valence-electron chi connectivity index (χ1n) is 8.12. The molecule has 25 heavy (non-hydrogen) atoms. The number of anilines is 1. The molecule has 0 spiro atoms. The standard InChI is InChI=1S/C18H24N2O5/c1-18(2,3)25-17(23)13-8-6-11-5-7-12(24-4)9-14(11)20(16(13)22)10-15(19)21/h5,7,9,13H,6,8,10H2,1-4H3,(H2,19,21)/t13-/m0/s1. The van der Waals surface area contributed by atoms with Gasteiger partial charge in [0.05, 0.1) is 12.8 Å². The van der Waals surface area contributed by atoms with E-state index >= 15 is 0 Å². The highest BCUT2D eigenvalue weighted by Crippen LogP contribution is 2.33. The lowest BCUT2D eigenvalue weighted by atomic mass is 10.00. The van der Waals surface area contributed by atoms with Gasteiger partial charge >= 0.3 is 5.97 Å². The van der Waals surface area contributed by atoms with Crippen molar-refractivity contribution in [3.05, 3.63) is 23.8 Å². The molecular weight excluding hydrogens is 324 g/mol. The Morgan fingerprint density at radius 2 is 2.00 bits per heavy atom. The van der Waals surface area contributed by atoms with Crippen LogP contribution in [0, 0.1) is 5.92 Å². The maximum Gasteiger partial charge on any atom is 0.319 e. The number of amides is 2. The number of hydrogen-bond donors (Lipinski definition) is 1. The number of nitrogens with zero attached hydrogens (tertiary/aromatic N) is 1. The number of ether oxygens (including phenoxy) is 2. The second kappa shape index (κ2) is 7.13. The monoisotopic (exact) mass is 348 g/mol. The third kappa shape index (κ3) is 4.49. The Labute approximate surface area is 147 Å². The zero-order valence-corrected chi connectivity index (χ0v) is 15.0. The van der Waals surface area contributed by atoms with Gasteiger partial charge in [-0.15, -0.1) is 0 Å². The molecule has 0 radical (unpaired) electrons. The fraction of sp³-hybridized carbons (Fsp3) is 0.500. The molecule has 0 saturated carbocycles. The van der Waals surface area contributed by atoms with Gasteiger partial charge in [0.15, 0.2) is 0 Å². The van der Waals surface area contributed by atoms with Crippen molar-refractivity contribution in [1.82, 2.24) is 0 Å². The fourth-order valence-electron chi connectivity index (χ4n) is 2.77. The van der Waals surface area contributed by atoms with E-state index in [2.05, 4.69) is 0 Å². The van der Waals surface area contributed by atoms with E-state index in [1.165, 1.54) is 12.0 Å². The zero-order chi connectivity index (χ0) is 18.8. The summed E-state index contributed by atoms with van der Waals surface area (Å²) in [5.41, 5.74) is 5.99. The average Bonchev–Trinajstić information content (AvgIpc) is 2.63. The Bertz CT molecular complexity index is 693. The van der Waals surface area contributed by atoms with E-state index in [4.69, 9.17) is 15.2 Å². The van der Waals surface area contributed by atoms with Crippen molar-refractivity contribution in [2.45, 2.75) is 39.2 Å². The number of carbonyl (C=O) groups is 3. The van der Waals surface area contributed by atoms with Gasteiger partial charge in [-0.2, -0.15) is 0 Å². The van der Waals surface area contributed by atoms with Crippen LogP contribution in [0.3, 0.4) is 0 Å². The van der Waals surface area contributed by atoms with E-state index in [1.807, 2.05) is 6.07 Å². The Morgan fingerprint density at radius 1 is 1.32 bits per heavy atom. The molecule has 1 atom stereocenters.